The van der Waals surface area contributed by atoms with Crippen LogP contribution in [-0.4, -0.2) is 26.6 Å². The molecule has 1 unspecified atom stereocenters. The van der Waals surface area contributed by atoms with Crippen LogP contribution >= 0.6 is 0 Å². The highest BCUT2D eigenvalue weighted by molar-refractivity contribution is 5.79. The van der Waals surface area contributed by atoms with E-state index in [1.165, 1.54) is 11.3 Å². The Hall–Kier alpha value is -3.21. The largest absolute Gasteiger partial charge is 0.329 e. The smallest absolute Gasteiger partial charge is 0.147 e. The number of hydrogen-bond acceptors (Lipinski definition) is 4. The van der Waals surface area contributed by atoms with Crippen LogP contribution in [0.15, 0.2) is 54.9 Å². The van der Waals surface area contributed by atoms with Gasteiger partial charge < -0.3 is 4.90 Å². The van der Waals surface area contributed by atoms with Crippen molar-refractivity contribution in [2.75, 3.05) is 11.9 Å². The Bertz CT molecular complexity index is 1160. The first-order valence-corrected chi connectivity index (χ1v) is 9.26. The Morgan fingerprint density at radius 2 is 1.70 bits per heavy atom. The van der Waals surface area contributed by atoms with Crippen LogP contribution in [-0.2, 0) is 6.42 Å². The number of rotatable bonds is 1. The van der Waals surface area contributed by atoms with Crippen molar-refractivity contribution in [3.8, 4) is 5.82 Å². The second kappa shape index (κ2) is 5.91. The molecule has 4 aromatic rings. The van der Waals surface area contributed by atoms with Gasteiger partial charge in [-0.05, 0) is 43.0 Å². The van der Waals surface area contributed by atoms with Crippen LogP contribution in [0.1, 0.15) is 29.8 Å². The summed E-state index contributed by atoms with van der Waals surface area (Å²) in [7, 11) is 2.09. The SMILES string of the molecule is Cc1nc2ccccc2n1-c1ncnc2c1CC(C)c1ccccc1N2C. The van der Waals surface area contributed by atoms with Gasteiger partial charge >= 0.3 is 0 Å². The van der Waals surface area contributed by atoms with Crippen LogP contribution in [0.4, 0.5) is 11.5 Å². The van der Waals surface area contributed by atoms with Crippen LogP contribution in [0, 0.1) is 6.92 Å². The molecule has 0 radical (unpaired) electrons. The maximum absolute atomic E-state index is 4.73. The molecular formula is C22H21N5. The van der Waals surface area contributed by atoms with Crippen molar-refractivity contribution in [1.82, 2.24) is 19.5 Å². The molecule has 0 bridgehead atoms. The second-order valence-corrected chi connectivity index (χ2v) is 7.21. The molecule has 5 nitrogen and oxygen atoms in total. The van der Waals surface area contributed by atoms with Crippen LogP contribution in [0.3, 0.4) is 0 Å². The van der Waals surface area contributed by atoms with Crippen LogP contribution in [0.2, 0.25) is 0 Å². The third-order valence-electron chi connectivity index (χ3n) is 5.50. The lowest BCUT2D eigenvalue weighted by molar-refractivity contribution is 0.754. The highest BCUT2D eigenvalue weighted by atomic mass is 15.2. The minimum absolute atomic E-state index is 0.379. The molecule has 2 aromatic heterocycles. The van der Waals surface area contributed by atoms with Crippen molar-refractivity contribution in [2.45, 2.75) is 26.2 Å². The number of aryl methyl sites for hydroxylation is 1. The average Bonchev–Trinajstić information content (AvgIpc) is 2.97. The minimum atomic E-state index is 0.379. The first kappa shape index (κ1) is 16.0. The molecule has 5 heteroatoms. The normalized spacial score (nSPS) is 16.1. The number of fused-ring (bicyclic) bond motifs is 3. The van der Waals surface area contributed by atoms with Gasteiger partial charge in [-0.1, -0.05) is 37.3 Å². The standard InChI is InChI=1S/C22H21N5/c1-14-12-17-21(26(3)19-10-6-4-8-16(14)19)23-13-24-22(17)27-15(2)25-18-9-5-7-11-20(18)27/h4-11,13-14H,12H2,1-3H3. The van der Waals surface area contributed by atoms with Gasteiger partial charge in [-0.15, -0.1) is 0 Å². The third kappa shape index (κ3) is 2.35. The van der Waals surface area contributed by atoms with E-state index in [1.54, 1.807) is 6.33 Å². The number of aromatic nitrogens is 4. The van der Waals surface area contributed by atoms with Crippen molar-refractivity contribution in [2.24, 2.45) is 0 Å². The molecule has 27 heavy (non-hydrogen) atoms. The Balaban J connectivity index is 1.78. The van der Waals surface area contributed by atoms with E-state index in [0.717, 1.165) is 40.5 Å². The van der Waals surface area contributed by atoms with Gasteiger partial charge in [0, 0.05) is 18.3 Å². The number of imidazole rings is 1. The van der Waals surface area contributed by atoms with E-state index in [4.69, 9.17) is 9.97 Å². The molecule has 0 spiro atoms. The van der Waals surface area contributed by atoms with Gasteiger partial charge in [-0.3, -0.25) is 4.57 Å². The summed E-state index contributed by atoms with van der Waals surface area (Å²) in [5.41, 5.74) is 5.78. The summed E-state index contributed by atoms with van der Waals surface area (Å²) in [5, 5.41) is 0. The van der Waals surface area contributed by atoms with Crippen molar-refractivity contribution >= 4 is 22.5 Å². The number of para-hydroxylation sites is 3. The van der Waals surface area contributed by atoms with E-state index in [0.29, 0.717) is 5.92 Å². The van der Waals surface area contributed by atoms with E-state index in [-0.39, 0.29) is 0 Å². The van der Waals surface area contributed by atoms with Gasteiger partial charge in [-0.25, -0.2) is 15.0 Å². The molecule has 0 amide bonds. The quantitative estimate of drug-likeness (QED) is 0.502. The van der Waals surface area contributed by atoms with E-state index in [9.17, 15) is 0 Å². The summed E-state index contributed by atoms with van der Waals surface area (Å²) in [4.78, 5) is 16.3. The molecule has 0 fully saturated rings. The lowest BCUT2D eigenvalue weighted by atomic mass is 9.94. The van der Waals surface area contributed by atoms with E-state index >= 15 is 0 Å². The summed E-state index contributed by atoms with van der Waals surface area (Å²) in [5.74, 6) is 3.21. The summed E-state index contributed by atoms with van der Waals surface area (Å²) < 4.78 is 2.16. The van der Waals surface area contributed by atoms with Crippen molar-refractivity contribution in [1.29, 1.82) is 0 Å². The first-order chi connectivity index (χ1) is 13.1. The molecule has 0 aliphatic carbocycles. The third-order valence-corrected chi connectivity index (χ3v) is 5.50. The number of hydrogen-bond donors (Lipinski definition) is 0. The van der Waals surface area contributed by atoms with Gasteiger partial charge in [0.15, 0.2) is 0 Å². The van der Waals surface area contributed by atoms with Crippen LogP contribution in [0.25, 0.3) is 16.9 Å². The Morgan fingerprint density at radius 3 is 2.59 bits per heavy atom. The number of benzene rings is 2. The average molecular weight is 355 g/mol. The molecule has 0 N–H and O–H groups in total. The summed E-state index contributed by atoms with van der Waals surface area (Å²) >= 11 is 0. The Morgan fingerprint density at radius 1 is 0.963 bits per heavy atom. The Kier molecular flexibility index (Phi) is 3.50. The predicted molar refractivity (Wildman–Crippen MR) is 108 cm³/mol. The topological polar surface area (TPSA) is 46.8 Å². The maximum atomic E-state index is 4.73. The molecule has 134 valence electrons. The molecule has 1 atom stereocenters. The van der Waals surface area contributed by atoms with E-state index in [2.05, 4.69) is 58.8 Å². The first-order valence-electron chi connectivity index (χ1n) is 9.26. The fourth-order valence-corrected chi connectivity index (χ4v) is 4.21. The highest BCUT2D eigenvalue weighted by Crippen LogP contribution is 2.40. The molecule has 5 rings (SSSR count). The monoisotopic (exact) mass is 355 g/mol. The number of nitrogens with zero attached hydrogens (tertiary/aromatic N) is 5. The summed E-state index contributed by atoms with van der Waals surface area (Å²) in [6.45, 7) is 4.31. The van der Waals surface area contributed by atoms with Gasteiger partial charge in [0.2, 0.25) is 0 Å². The lowest BCUT2D eigenvalue weighted by Crippen LogP contribution is -2.15. The fourth-order valence-electron chi connectivity index (χ4n) is 4.21. The zero-order valence-electron chi connectivity index (χ0n) is 15.7. The maximum Gasteiger partial charge on any atom is 0.147 e. The van der Waals surface area contributed by atoms with Gasteiger partial charge in [0.25, 0.3) is 0 Å². The molecule has 0 saturated heterocycles. The fraction of sp³-hybridized carbons (Fsp3) is 0.227. The number of anilines is 2. The predicted octanol–water partition coefficient (Wildman–Crippen LogP) is 4.55. The van der Waals surface area contributed by atoms with Gasteiger partial charge in [0.1, 0.15) is 23.8 Å². The molecule has 1 aliphatic rings. The van der Waals surface area contributed by atoms with Crippen molar-refractivity contribution in [3.05, 3.63) is 71.8 Å². The molecule has 3 heterocycles. The zero-order valence-corrected chi connectivity index (χ0v) is 15.7. The minimum Gasteiger partial charge on any atom is -0.329 e. The van der Waals surface area contributed by atoms with Crippen molar-refractivity contribution < 1.29 is 0 Å². The Labute approximate surface area is 158 Å². The highest BCUT2D eigenvalue weighted by Gasteiger charge is 2.27. The molecule has 1 aliphatic heterocycles. The summed E-state index contributed by atoms with van der Waals surface area (Å²) in [6, 6.07) is 16.8. The van der Waals surface area contributed by atoms with Crippen LogP contribution in [0.5, 0.6) is 0 Å². The second-order valence-electron chi connectivity index (χ2n) is 7.21. The molecule has 2 aromatic carbocycles. The lowest BCUT2D eigenvalue weighted by Gasteiger charge is -2.21. The van der Waals surface area contributed by atoms with Crippen LogP contribution < -0.4 is 4.90 Å². The van der Waals surface area contributed by atoms with Gasteiger partial charge in [0.05, 0.1) is 11.0 Å². The zero-order chi connectivity index (χ0) is 18.5. The van der Waals surface area contributed by atoms with E-state index < -0.39 is 0 Å². The van der Waals surface area contributed by atoms with Crippen molar-refractivity contribution in [3.63, 3.8) is 0 Å². The van der Waals surface area contributed by atoms with E-state index in [1.807, 2.05) is 25.1 Å². The van der Waals surface area contributed by atoms with Gasteiger partial charge in [-0.2, -0.15) is 0 Å². The molecular weight excluding hydrogens is 334 g/mol. The molecule has 0 saturated carbocycles. The summed E-state index contributed by atoms with van der Waals surface area (Å²) in [6.07, 6.45) is 2.55.